The maximum absolute atomic E-state index is 13.2. The lowest BCUT2D eigenvalue weighted by Gasteiger charge is -2.11. The Morgan fingerprint density at radius 3 is 2.52 bits per heavy atom. The van der Waals surface area contributed by atoms with Crippen molar-refractivity contribution in [1.82, 2.24) is 15.0 Å². The molecule has 1 N–H and O–H groups in total. The van der Waals surface area contributed by atoms with Gasteiger partial charge in [0.25, 0.3) is 5.91 Å². The molecule has 2 aromatic carbocycles. The number of esters is 1. The quantitative estimate of drug-likeness (QED) is 0.671. The van der Waals surface area contributed by atoms with Crippen LogP contribution in [0.4, 0.5) is 18.9 Å². The van der Waals surface area contributed by atoms with Crippen LogP contribution in [0.2, 0.25) is 0 Å². The number of carbonyl (C=O) groups is 2. The molecule has 1 amide bonds. The maximum Gasteiger partial charge on any atom is 0.418 e. The monoisotopic (exact) mass is 404 g/mol. The van der Waals surface area contributed by atoms with Crippen LogP contribution in [0.1, 0.15) is 32.0 Å². The Morgan fingerprint density at radius 2 is 1.86 bits per heavy atom. The number of hydrogen-bond donors (Lipinski definition) is 1. The van der Waals surface area contributed by atoms with Gasteiger partial charge in [0.2, 0.25) is 0 Å². The zero-order chi connectivity index (χ0) is 21.2. The Hall–Kier alpha value is -3.69. The number of anilines is 1. The van der Waals surface area contributed by atoms with Crippen LogP contribution in [0, 0.1) is 6.92 Å². The minimum atomic E-state index is -4.58. The predicted molar refractivity (Wildman–Crippen MR) is 96.8 cm³/mol. The standard InChI is InChI=1S/C19H15F3N4O3/c1-11-9-12(18(28)29-2)7-8-14(11)23-17(27)15-10-26(25-24-15)16-6-4-3-5-13(16)19(20,21)22/h3-10H,1-2H3,(H,23,27). The van der Waals surface area contributed by atoms with E-state index in [2.05, 4.69) is 20.4 Å². The number of methoxy groups -OCH3 is 1. The smallest absolute Gasteiger partial charge is 0.418 e. The lowest BCUT2D eigenvalue weighted by atomic mass is 10.1. The summed E-state index contributed by atoms with van der Waals surface area (Å²) in [6.45, 7) is 1.68. The average molecular weight is 404 g/mol. The number of nitrogens with zero attached hydrogens (tertiary/aromatic N) is 3. The third-order valence-electron chi connectivity index (χ3n) is 4.08. The van der Waals surface area contributed by atoms with Crippen molar-refractivity contribution in [1.29, 1.82) is 0 Å². The van der Waals surface area contributed by atoms with Gasteiger partial charge in [-0.1, -0.05) is 17.3 Å². The number of para-hydroxylation sites is 1. The van der Waals surface area contributed by atoms with Crippen LogP contribution in [0.5, 0.6) is 0 Å². The van der Waals surface area contributed by atoms with Gasteiger partial charge in [0.1, 0.15) is 0 Å². The lowest BCUT2D eigenvalue weighted by Crippen LogP contribution is -2.14. The van der Waals surface area contributed by atoms with E-state index in [0.717, 1.165) is 16.9 Å². The molecule has 10 heteroatoms. The molecule has 0 aliphatic heterocycles. The number of ether oxygens (including phenoxy) is 1. The molecule has 1 aromatic heterocycles. The molecule has 0 aliphatic carbocycles. The summed E-state index contributed by atoms with van der Waals surface area (Å²) in [6.07, 6.45) is -3.47. The SMILES string of the molecule is COC(=O)c1ccc(NC(=O)c2cn(-c3ccccc3C(F)(F)F)nn2)c(C)c1. The highest BCUT2D eigenvalue weighted by molar-refractivity contribution is 6.03. The normalized spacial score (nSPS) is 11.2. The Bertz CT molecular complexity index is 1080. The number of carbonyl (C=O) groups excluding carboxylic acids is 2. The summed E-state index contributed by atoms with van der Waals surface area (Å²) in [5.74, 6) is -1.17. The van der Waals surface area contributed by atoms with E-state index in [0.29, 0.717) is 16.8 Å². The number of amides is 1. The number of aryl methyl sites for hydroxylation is 1. The Labute approximate surface area is 163 Å². The predicted octanol–water partition coefficient (Wildman–Crippen LogP) is 3.63. The molecule has 3 rings (SSSR count). The van der Waals surface area contributed by atoms with Crippen molar-refractivity contribution < 1.29 is 27.5 Å². The molecule has 150 valence electrons. The summed E-state index contributed by atoms with van der Waals surface area (Å²) in [5, 5.41) is 9.89. The molecule has 0 aliphatic rings. The molecule has 1 heterocycles. The van der Waals surface area contributed by atoms with Crippen LogP contribution in [0.15, 0.2) is 48.7 Å². The highest BCUT2D eigenvalue weighted by atomic mass is 19.4. The van der Waals surface area contributed by atoms with Crippen LogP contribution in [-0.2, 0) is 10.9 Å². The van der Waals surface area contributed by atoms with E-state index in [-0.39, 0.29) is 11.4 Å². The van der Waals surface area contributed by atoms with Crippen molar-refractivity contribution in [2.75, 3.05) is 12.4 Å². The first-order chi connectivity index (χ1) is 13.7. The van der Waals surface area contributed by atoms with Gasteiger partial charge in [0.05, 0.1) is 30.1 Å². The first-order valence-corrected chi connectivity index (χ1v) is 8.30. The van der Waals surface area contributed by atoms with Crippen molar-refractivity contribution in [3.63, 3.8) is 0 Å². The van der Waals surface area contributed by atoms with Gasteiger partial charge in [-0.3, -0.25) is 4.79 Å². The van der Waals surface area contributed by atoms with Gasteiger partial charge in [-0.25, -0.2) is 9.48 Å². The summed E-state index contributed by atoms with van der Waals surface area (Å²) < 4.78 is 45.0. The Kier molecular flexibility index (Phi) is 5.35. The third-order valence-corrected chi connectivity index (χ3v) is 4.08. The third kappa shape index (κ3) is 4.26. The molecule has 0 radical (unpaired) electrons. The second-order valence-electron chi connectivity index (χ2n) is 6.04. The molecule has 7 nitrogen and oxygen atoms in total. The van der Waals surface area contributed by atoms with Crippen molar-refractivity contribution in [2.24, 2.45) is 0 Å². The topological polar surface area (TPSA) is 86.1 Å². The molecule has 0 bridgehead atoms. The van der Waals surface area contributed by atoms with E-state index in [1.165, 1.54) is 43.5 Å². The van der Waals surface area contributed by atoms with Crippen molar-refractivity contribution in [3.8, 4) is 5.69 Å². The largest absolute Gasteiger partial charge is 0.465 e. The van der Waals surface area contributed by atoms with Gasteiger partial charge in [-0.15, -0.1) is 5.10 Å². The van der Waals surface area contributed by atoms with Crippen LogP contribution >= 0.6 is 0 Å². The number of halogens is 3. The van der Waals surface area contributed by atoms with Gasteiger partial charge in [-0.05, 0) is 42.8 Å². The zero-order valence-corrected chi connectivity index (χ0v) is 15.3. The zero-order valence-electron chi connectivity index (χ0n) is 15.3. The highest BCUT2D eigenvalue weighted by Crippen LogP contribution is 2.33. The molecule has 0 spiro atoms. The van der Waals surface area contributed by atoms with Gasteiger partial charge < -0.3 is 10.1 Å². The van der Waals surface area contributed by atoms with E-state index >= 15 is 0 Å². The van der Waals surface area contributed by atoms with Crippen LogP contribution < -0.4 is 5.32 Å². The van der Waals surface area contributed by atoms with E-state index in [4.69, 9.17) is 0 Å². The van der Waals surface area contributed by atoms with E-state index < -0.39 is 23.6 Å². The second kappa shape index (κ2) is 7.74. The van der Waals surface area contributed by atoms with Crippen molar-refractivity contribution in [2.45, 2.75) is 13.1 Å². The summed E-state index contributed by atoms with van der Waals surface area (Å²) in [6, 6.07) is 9.37. The molecule has 0 saturated carbocycles. The fraction of sp³-hybridized carbons (Fsp3) is 0.158. The van der Waals surface area contributed by atoms with Crippen LogP contribution in [0.3, 0.4) is 0 Å². The second-order valence-corrected chi connectivity index (χ2v) is 6.04. The van der Waals surface area contributed by atoms with Crippen molar-refractivity contribution >= 4 is 17.6 Å². The van der Waals surface area contributed by atoms with E-state index in [9.17, 15) is 22.8 Å². The Morgan fingerprint density at radius 1 is 1.14 bits per heavy atom. The van der Waals surface area contributed by atoms with E-state index in [1.807, 2.05) is 0 Å². The minimum absolute atomic E-state index is 0.168. The summed E-state index contributed by atoms with van der Waals surface area (Å²) >= 11 is 0. The fourth-order valence-corrected chi connectivity index (χ4v) is 2.63. The molecule has 0 atom stereocenters. The summed E-state index contributed by atoms with van der Waals surface area (Å²) in [5.41, 5.74) is 0.0105. The first-order valence-electron chi connectivity index (χ1n) is 8.30. The van der Waals surface area contributed by atoms with Gasteiger partial charge in [0.15, 0.2) is 5.69 Å². The van der Waals surface area contributed by atoms with Gasteiger partial charge in [-0.2, -0.15) is 13.2 Å². The molecule has 3 aromatic rings. The van der Waals surface area contributed by atoms with E-state index in [1.54, 1.807) is 6.92 Å². The Balaban J connectivity index is 1.83. The van der Waals surface area contributed by atoms with Crippen molar-refractivity contribution in [3.05, 3.63) is 71.0 Å². The van der Waals surface area contributed by atoms with Crippen LogP contribution in [0.25, 0.3) is 5.69 Å². The number of benzene rings is 2. The number of aromatic nitrogens is 3. The first kappa shape index (κ1) is 20.1. The summed E-state index contributed by atoms with van der Waals surface area (Å²) in [4.78, 5) is 24.0. The summed E-state index contributed by atoms with van der Waals surface area (Å²) in [7, 11) is 1.26. The maximum atomic E-state index is 13.2. The molecular formula is C19H15F3N4O3. The lowest BCUT2D eigenvalue weighted by molar-refractivity contribution is -0.137. The number of alkyl halides is 3. The van der Waals surface area contributed by atoms with Gasteiger partial charge in [0, 0.05) is 5.69 Å². The molecule has 0 unspecified atom stereocenters. The highest BCUT2D eigenvalue weighted by Gasteiger charge is 2.34. The van der Waals surface area contributed by atoms with Gasteiger partial charge >= 0.3 is 12.1 Å². The number of rotatable bonds is 4. The number of hydrogen-bond acceptors (Lipinski definition) is 5. The number of nitrogens with one attached hydrogen (secondary N) is 1. The molecule has 0 saturated heterocycles. The molecule has 29 heavy (non-hydrogen) atoms. The average Bonchev–Trinajstić information content (AvgIpc) is 3.18. The minimum Gasteiger partial charge on any atom is -0.465 e. The fourth-order valence-electron chi connectivity index (χ4n) is 2.63. The molecule has 0 fully saturated rings. The molecular weight excluding hydrogens is 389 g/mol. The van der Waals surface area contributed by atoms with Crippen LogP contribution in [-0.4, -0.2) is 34.0 Å².